The van der Waals surface area contributed by atoms with E-state index in [1.54, 1.807) is 7.11 Å². The molecule has 0 aliphatic heterocycles. The molecule has 0 aromatic heterocycles. The monoisotopic (exact) mass is 236 g/mol. The molecule has 0 radical (unpaired) electrons. The number of hydrogen-bond donors (Lipinski definition) is 2. The molecular formula is C13H20N2O2. The molecule has 4 nitrogen and oxygen atoms in total. The molecule has 0 aliphatic rings. The van der Waals surface area contributed by atoms with Crippen LogP contribution in [0.1, 0.15) is 25.3 Å². The van der Waals surface area contributed by atoms with Crippen molar-refractivity contribution in [3.8, 4) is 0 Å². The minimum atomic E-state index is -0.439. The standard InChI is InChI=1S/C13H20N2O2/c1-3-5-12(14)13(16)15-11-7-4-6-10(8-11)9-17-2/h4,6-8,12H,3,5,9,14H2,1-2H3,(H,15,16)/t12-/m0/s1. The van der Waals surface area contributed by atoms with Gasteiger partial charge < -0.3 is 15.8 Å². The Kier molecular flexibility index (Phi) is 5.66. The molecule has 94 valence electrons. The van der Waals surface area contributed by atoms with Gasteiger partial charge in [0.25, 0.3) is 0 Å². The number of hydrogen-bond acceptors (Lipinski definition) is 3. The van der Waals surface area contributed by atoms with Crippen molar-refractivity contribution in [2.75, 3.05) is 12.4 Å². The molecule has 0 unspecified atom stereocenters. The van der Waals surface area contributed by atoms with Crippen molar-refractivity contribution in [3.63, 3.8) is 0 Å². The average Bonchev–Trinajstić information content (AvgIpc) is 2.30. The second kappa shape index (κ2) is 7.04. The molecule has 0 bridgehead atoms. The topological polar surface area (TPSA) is 64.4 Å². The van der Waals surface area contributed by atoms with Crippen molar-refractivity contribution in [1.29, 1.82) is 0 Å². The first kappa shape index (κ1) is 13.7. The van der Waals surface area contributed by atoms with E-state index in [-0.39, 0.29) is 5.91 Å². The maximum absolute atomic E-state index is 11.7. The van der Waals surface area contributed by atoms with Gasteiger partial charge in [-0.15, -0.1) is 0 Å². The van der Waals surface area contributed by atoms with Gasteiger partial charge in [0.15, 0.2) is 0 Å². The van der Waals surface area contributed by atoms with Gasteiger partial charge in [0, 0.05) is 12.8 Å². The molecule has 3 N–H and O–H groups in total. The van der Waals surface area contributed by atoms with Crippen LogP contribution in [0.5, 0.6) is 0 Å². The largest absolute Gasteiger partial charge is 0.380 e. The maximum Gasteiger partial charge on any atom is 0.241 e. The second-order valence-corrected chi connectivity index (χ2v) is 4.02. The van der Waals surface area contributed by atoms with Gasteiger partial charge in [-0.3, -0.25) is 4.79 Å². The lowest BCUT2D eigenvalue weighted by Crippen LogP contribution is -2.35. The summed E-state index contributed by atoms with van der Waals surface area (Å²) in [4.78, 5) is 11.7. The molecule has 0 fully saturated rings. The fourth-order valence-electron chi connectivity index (χ4n) is 1.58. The first-order valence-electron chi connectivity index (χ1n) is 5.81. The van der Waals surface area contributed by atoms with Crippen LogP contribution in [0.3, 0.4) is 0 Å². The van der Waals surface area contributed by atoms with Crippen LogP contribution in [0.4, 0.5) is 5.69 Å². The molecule has 1 aromatic rings. The predicted octanol–water partition coefficient (Wildman–Crippen LogP) is 1.90. The van der Waals surface area contributed by atoms with E-state index in [1.165, 1.54) is 0 Å². The zero-order valence-corrected chi connectivity index (χ0v) is 10.4. The zero-order chi connectivity index (χ0) is 12.7. The first-order valence-corrected chi connectivity index (χ1v) is 5.81. The van der Waals surface area contributed by atoms with Crippen LogP contribution in [-0.2, 0) is 16.1 Å². The van der Waals surface area contributed by atoms with Crippen LogP contribution in [0.25, 0.3) is 0 Å². The number of rotatable bonds is 6. The highest BCUT2D eigenvalue weighted by Crippen LogP contribution is 2.12. The summed E-state index contributed by atoms with van der Waals surface area (Å²) in [5.41, 5.74) is 7.52. The van der Waals surface area contributed by atoms with E-state index in [4.69, 9.17) is 10.5 Å². The molecule has 1 aromatic carbocycles. The third kappa shape index (κ3) is 4.54. The van der Waals surface area contributed by atoms with E-state index in [1.807, 2.05) is 31.2 Å². The van der Waals surface area contributed by atoms with Crippen LogP contribution < -0.4 is 11.1 Å². The number of ether oxygens (including phenoxy) is 1. The highest BCUT2D eigenvalue weighted by Gasteiger charge is 2.12. The summed E-state index contributed by atoms with van der Waals surface area (Å²) in [5.74, 6) is -0.138. The summed E-state index contributed by atoms with van der Waals surface area (Å²) in [6.45, 7) is 2.54. The molecule has 17 heavy (non-hydrogen) atoms. The smallest absolute Gasteiger partial charge is 0.241 e. The van der Waals surface area contributed by atoms with E-state index in [2.05, 4.69) is 5.32 Å². The number of carbonyl (C=O) groups excluding carboxylic acids is 1. The Morgan fingerprint density at radius 2 is 2.29 bits per heavy atom. The lowest BCUT2D eigenvalue weighted by Gasteiger charge is -2.11. The van der Waals surface area contributed by atoms with Crippen molar-refractivity contribution in [2.45, 2.75) is 32.4 Å². The second-order valence-electron chi connectivity index (χ2n) is 4.02. The fourth-order valence-corrected chi connectivity index (χ4v) is 1.58. The minimum absolute atomic E-state index is 0.138. The van der Waals surface area contributed by atoms with Crippen molar-refractivity contribution < 1.29 is 9.53 Å². The van der Waals surface area contributed by atoms with Crippen LogP contribution >= 0.6 is 0 Å². The van der Waals surface area contributed by atoms with Crippen LogP contribution in [0.15, 0.2) is 24.3 Å². The van der Waals surface area contributed by atoms with Gasteiger partial charge in [0.2, 0.25) is 5.91 Å². The quantitative estimate of drug-likeness (QED) is 0.793. The molecule has 1 amide bonds. The Morgan fingerprint density at radius 3 is 2.94 bits per heavy atom. The average molecular weight is 236 g/mol. The molecule has 0 saturated heterocycles. The lowest BCUT2D eigenvalue weighted by molar-refractivity contribution is -0.117. The number of carbonyl (C=O) groups is 1. The third-order valence-electron chi connectivity index (χ3n) is 2.44. The summed E-state index contributed by atoms with van der Waals surface area (Å²) in [6.07, 6.45) is 1.60. The number of nitrogens with two attached hydrogens (primary N) is 1. The van der Waals surface area contributed by atoms with Gasteiger partial charge in [-0.2, -0.15) is 0 Å². The van der Waals surface area contributed by atoms with Crippen molar-refractivity contribution >= 4 is 11.6 Å². The zero-order valence-electron chi connectivity index (χ0n) is 10.4. The van der Waals surface area contributed by atoms with E-state index in [0.717, 1.165) is 17.7 Å². The summed E-state index contributed by atoms with van der Waals surface area (Å²) in [7, 11) is 1.64. The molecule has 0 heterocycles. The maximum atomic E-state index is 11.7. The number of nitrogens with one attached hydrogen (secondary N) is 1. The van der Waals surface area contributed by atoms with E-state index < -0.39 is 6.04 Å². The molecule has 4 heteroatoms. The molecule has 1 rings (SSSR count). The number of amides is 1. The van der Waals surface area contributed by atoms with Gasteiger partial charge in [-0.05, 0) is 24.1 Å². The van der Waals surface area contributed by atoms with Crippen LogP contribution in [0, 0.1) is 0 Å². The highest BCUT2D eigenvalue weighted by atomic mass is 16.5. The highest BCUT2D eigenvalue weighted by molar-refractivity contribution is 5.94. The Morgan fingerprint density at radius 1 is 1.53 bits per heavy atom. The summed E-state index contributed by atoms with van der Waals surface area (Å²) >= 11 is 0. The Balaban J connectivity index is 2.61. The summed E-state index contributed by atoms with van der Waals surface area (Å²) in [5, 5.41) is 2.81. The van der Waals surface area contributed by atoms with Crippen LogP contribution in [-0.4, -0.2) is 19.1 Å². The number of methoxy groups -OCH3 is 1. The molecule has 1 atom stereocenters. The van der Waals surface area contributed by atoms with Gasteiger partial charge in [-0.1, -0.05) is 25.5 Å². The Labute approximate surface area is 102 Å². The van der Waals surface area contributed by atoms with E-state index in [0.29, 0.717) is 13.0 Å². The molecule has 0 aliphatic carbocycles. The number of anilines is 1. The summed E-state index contributed by atoms with van der Waals surface area (Å²) in [6, 6.07) is 7.13. The van der Waals surface area contributed by atoms with Crippen molar-refractivity contribution in [1.82, 2.24) is 0 Å². The minimum Gasteiger partial charge on any atom is -0.380 e. The third-order valence-corrected chi connectivity index (χ3v) is 2.44. The van der Waals surface area contributed by atoms with Crippen molar-refractivity contribution in [3.05, 3.63) is 29.8 Å². The SMILES string of the molecule is CCC[C@H](N)C(=O)Nc1cccc(COC)c1. The predicted molar refractivity (Wildman–Crippen MR) is 68.7 cm³/mol. The van der Waals surface area contributed by atoms with Gasteiger partial charge >= 0.3 is 0 Å². The van der Waals surface area contributed by atoms with Crippen LogP contribution in [0.2, 0.25) is 0 Å². The number of benzene rings is 1. The normalized spacial score (nSPS) is 12.2. The Bertz CT molecular complexity index is 366. The Hall–Kier alpha value is -1.39. The van der Waals surface area contributed by atoms with E-state index >= 15 is 0 Å². The summed E-state index contributed by atoms with van der Waals surface area (Å²) < 4.78 is 5.04. The molecule has 0 spiro atoms. The lowest BCUT2D eigenvalue weighted by atomic mass is 10.1. The molecule has 0 saturated carbocycles. The molecular weight excluding hydrogens is 216 g/mol. The van der Waals surface area contributed by atoms with Gasteiger partial charge in [0.05, 0.1) is 12.6 Å². The van der Waals surface area contributed by atoms with Gasteiger partial charge in [-0.25, -0.2) is 0 Å². The van der Waals surface area contributed by atoms with Crippen molar-refractivity contribution in [2.24, 2.45) is 5.73 Å². The fraction of sp³-hybridized carbons (Fsp3) is 0.462. The first-order chi connectivity index (χ1) is 8.17. The van der Waals surface area contributed by atoms with Gasteiger partial charge in [0.1, 0.15) is 0 Å². The van der Waals surface area contributed by atoms with E-state index in [9.17, 15) is 4.79 Å².